The van der Waals surface area contributed by atoms with Gasteiger partial charge in [0, 0.05) is 12.6 Å². The fourth-order valence-corrected chi connectivity index (χ4v) is 1.72. The minimum atomic E-state index is 0.319. The Morgan fingerprint density at radius 2 is 2.33 bits per heavy atom. The van der Waals surface area contributed by atoms with Gasteiger partial charge in [0.1, 0.15) is 0 Å². The lowest BCUT2D eigenvalue weighted by atomic mass is 10.2. The van der Waals surface area contributed by atoms with Gasteiger partial charge in [-0.05, 0) is 25.8 Å². The molecular formula is C10H19NO. The van der Waals surface area contributed by atoms with Crippen molar-refractivity contribution in [2.75, 3.05) is 19.7 Å². The molecule has 1 aliphatic rings. The average Bonchev–Trinajstić information content (AvgIpc) is 2.52. The van der Waals surface area contributed by atoms with Crippen molar-refractivity contribution in [3.63, 3.8) is 0 Å². The molecule has 0 aromatic rings. The highest BCUT2D eigenvalue weighted by Crippen LogP contribution is 2.15. The first kappa shape index (κ1) is 9.75. The summed E-state index contributed by atoms with van der Waals surface area (Å²) in [6.45, 7) is 4.63. The third-order valence-corrected chi connectivity index (χ3v) is 2.45. The summed E-state index contributed by atoms with van der Waals surface area (Å²) in [4.78, 5) is 2.35. The molecule has 2 nitrogen and oxygen atoms in total. The highest BCUT2D eigenvalue weighted by molar-refractivity contribution is 4.88. The molecule has 2 heteroatoms. The van der Waals surface area contributed by atoms with Crippen LogP contribution in [0.5, 0.6) is 0 Å². The maximum Gasteiger partial charge on any atom is 0.0587 e. The van der Waals surface area contributed by atoms with Gasteiger partial charge in [0.2, 0.25) is 0 Å². The molecule has 0 aromatic carbocycles. The predicted octanol–water partition coefficient (Wildman–Crippen LogP) is 1.41. The highest BCUT2D eigenvalue weighted by Gasteiger charge is 2.21. The minimum absolute atomic E-state index is 0.319. The molecule has 0 bridgehead atoms. The smallest absolute Gasteiger partial charge is 0.0587 e. The van der Waals surface area contributed by atoms with E-state index in [1.165, 1.54) is 6.42 Å². The quantitative estimate of drug-likeness (QED) is 0.643. The Labute approximate surface area is 74.9 Å². The molecule has 70 valence electrons. The predicted molar refractivity (Wildman–Crippen MR) is 51.1 cm³/mol. The van der Waals surface area contributed by atoms with Gasteiger partial charge in [0.15, 0.2) is 0 Å². The van der Waals surface area contributed by atoms with Crippen molar-refractivity contribution < 1.29 is 5.11 Å². The fourth-order valence-electron chi connectivity index (χ4n) is 1.72. The van der Waals surface area contributed by atoms with E-state index in [4.69, 9.17) is 5.11 Å². The summed E-state index contributed by atoms with van der Waals surface area (Å²) in [5, 5.41) is 9.03. The standard InChI is InChI=1S/C10H19NO/c1-2-3-4-7-11-8-5-6-10(11)9-12/h3-4,10,12H,2,5-9H2,1H3/b4-3+/t10-/m0/s1. The minimum Gasteiger partial charge on any atom is -0.395 e. The zero-order valence-corrected chi connectivity index (χ0v) is 7.87. The van der Waals surface area contributed by atoms with Crippen LogP contribution in [0.1, 0.15) is 26.2 Å². The van der Waals surface area contributed by atoms with E-state index in [0.29, 0.717) is 12.6 Å². The Morgan fingerprint density at radius 1 is 1.50 bits per heavy atom. The zero-order valence-electron chi connectivity index (χ0n) is 7.87. The van der Waals surface area contributed by atoms with Crippen molar-refractivity contribution in [1.29, 1.82) is 0 Å². The third kappa shape index (κ3) is 2.61. The number of aliphatic hydroxyl groups excluding tert-OH is 1. The molecule has 1 saturated heterocycles. The molecule has 0 spiro atoms. The lowest BCUT2D eigenvalue weighted by Crippen LogP contribution is -2.32. The SMILES string of the molecule is CC/C=C/CN1CCC[C@H]1CO. The number of hydrogen-bond donors (Lipinski definition) is 1. The monoisotopic (exact) mass is 169 g/mol. The molecule has 1 rings (SSSR count). The van der Waals surface area contributed by atoms with Crippen LogP contribution in [0.25, 0.3) is 0 Å². The van der Waals surface area contributed by atoms with E-state index in [1.807, 2.05) is 0 Å². The number of aliphatic hydroxyl groups is 1. The summed E-state index contributed by atoms with van der Waals surface area (Å²) in [6.07, 6.45) is 7.90. The normalized spacial score (nSPS) is 25.7. The Hall–Kier alpha value is -0.340. The van der Waals surface area contributed by atoms with Crippen molar-refractivity contribution in [3.8, 4) is 0 Å². The van der Waals surface area contributed by atoms with Gasteiger partial charge in [-0.25, -0.2) is 0 Å². The fraction of sp³-hybridized carbons (Fsp3) is 0.800. The molecule has 12 heavy (non-hydrogen) atoms. The highest BCUT2D eigenvalue weighted by atomic mass is 16.3. The molecular weight excluding hydrogens is 150 g/mol. The van der Waals surface area contributed by atoms with Gasteiger partial charge in [0.25, 0.3) is 0 Å². The zero-order chi connectivity index (χ0) is 8.81. The van der Waals surface area contributed by atoms with Crippen LogP contribution in [-0.2, 0) is 0 Å². The number of likely N-dealkylation sites (tertiary alicyclic amines) is 1. The van der Waals surface area contributed by atoms with Crippen LogP contribution < -0.4 is 0 Å². The van der Waals surface area contributed by atoms with Gasteiger partial charge < -0.3 is 5.11 Å². The molecule has 1 N–H and O–H groups in total. The summed E-state index contributed by atoms with van der Waals surface area (Å²) in [7, 11) is 0. The molecule has 1 fully saturated rings. The first-order chi connectivity index (χ1) is 5.88. The molecule has 0 aliphatic carbocycles. The van der Waals surface area contributed by atoms with Gasteiger partial charge in [-0.1, -0.05) is 19.1 Å². The van der Waals surface area contributed by atoms with Crippen molar-refractivity contribution >= 4 is 0 Å². The number of hydrogen-bond acceptors (Lipinski definition) is 2. The van der Waals surface area contributed by atoms with Gasteiger partial charge in [-0.2, -0.15) is 0 Å². The molecule has 1 aliphatic heterocycles. The van der Waals surface area contributed by atoms with E-state index < -0.39 is 0 Å². The Kier molecular flexibility index (Phi) is 4.33. The number of rotatable bonds is 4. The summed E-state index contributed by atoms with van der Waals surface area (Å²) in [6, 6.07) is 0.423. The van der Waals surface area contributed by atoms with Crippen LogP contribution in [0.3, 0.4) is 0 Å². The number of nitrogens with zero attached hydrogens (tertiary/aromatic N) is 1. The summed E-state index contributed by atoms with van der Waals surface area (Å²) in [5.74, 6) is 0. The van der Waals surface area contributed by atoms with E-state index >= 15 is 0 Å². The first-order valence-electron chi connectivity index (χ1n) is 4.88. The molecule has 0 unspecified atom stereocenters. The summed E-state index contributed by atoms with van der Waals surface area (Å²) < 4.78 is 0. The lowest BCUT2D eigenvalue weighted by Gasteiger charge is -2.20. The van der Waals surface area contributed by atoms with Gasteiger partial charge in [-0.3, -0.25) is 4.90 Å². The summed E-state index contributed by atoms with van der Waals surface area (Å²) >= 11 is 0. The van der Waals surface area contributed by atoms with Crippen LogP contribution in [0.2, 0.25) is 0 Å². The third-order valence-electron chi connectivity index (χ3n) is 2.45. The second-order valence-electron chi connectivity index (χ2n) is 3.35. The van der Waals surface area contributed by atoms with Crippen LogP contribution in [0, 0.1) is 0 Å². The van der Waals surface area contributed by atoms with E-state index in [-0.39, 0.29) is 0 Å². The van der Waals surface area contributed by atoms with E-state index in [0.717, 1.165) is 25.9 Å². The second-order valence-corrected chi connectivity index (χ2v) is 3.35. The van der Waals surface area contributed by atoms with Gasteiger partial charge in [-0.15, -0.1) is 0 Å². The van der Waals surface area contributed by atoms with E-state index in [2.05, 4.69) is 24.0 Å². The van der Waals surface area contributed by atoms with Crippen molar-refractivity contribution in [3.05, 3.63) is 12.2 Å². The van der Waals surface area contributed by atoms with Crippen LogP contribution >= 0.6 is 0 Å². The maximum absolute atomic E-state index is 9.03. The first-order valence-corrected chi connectivity index (χ1v) is 4.88. The molecule has 0 aromatic heterocycles. The number of allylic oxidation sites excluding steroid dienone is 1. The van der Waals surface area contributed by atoms with Gasteiger partial charge >= 0.3 is 0 Å². The van der Waals surface area contributed by atoms with Crippen molar-refractivity contribution in [2.45, 2.75) is 32.2 Å². The van der Waals surface area contributed by atoms with Crippen molar-refractivity contribution in [1.82, 2.24) is 4.90 Å². The lowest BCUT2D eigenvalue weighted by molar-refractivity contribution is 0.170. The molecule has 1 atom stereocenters. The topological polar surface area (TPSA) is 23.5 Å². The Morgan fingerprint density at radius 3 is 3.00 bits per heavy atom. The Bertz CT molecular complexity index is 145. The van der Waals surface area contributed by atoms with Crippen LogP contribution in [-0.4, -0.2) is 35.7 Å². The summed E-state index contributed by atoms with van der Waals surface area (Å²) in [5.41, 5.74) is 0. The van der Waals surface area contributed by atoms with E-state index in [9.17, 15) is 0 Å². The van der Waals surface area contributed by atoms with Gasteiger partial charge in [0.05, 0.1) is 6.61 Å². The van der Waals surface area contributed by atoms with Crippen LogP contribution in [0.4, 0.5) is 0 Å². The second kappa shape index (κ2) is 5.33. The molecule has 0 radical (unpaired) electrons. The maximum atomic E-state index is 9.03. The molecule has 1 heterocycles. The molecule has 0 saturated carbocycles. The van der Waals surface area contributed by atoms with Crippen molar-refractivity contribution in [2.24, 2.45) is 0 Å². The average molecular weight is 169 g/mol. The van der Waals surface area contributed by atoms with Crippen LogP contribution in [0.15, 0.2) is 12.2 Å². The molecule has 0 amide bonds. The largest absolute Gasteiger partial charge is 0.395 e. The van der Waals surface area contributed by atoms with E-state index in [1.54, 1.807) is 0 Å². The Balaban J connectivity index is 2.25.